The molecule has 0 fully saturated rings. The van der Waals surface area contributed by atoms with Gasteiger partial charge in [-0.25, -0.2) is 4.98 Å². The maximum Gasteiger partial charge on any atom is 0.251 e. The predicted molar refractivity (Wildman–Crippen MR) is 73.8 cm³/mol. The monoisotopic (exact) mass is 276 g/mol. The summed E-state index contributed by atoms with van der Waals surface area (Å²) < 4.78 is 0. The smallest absolute Gasteiger partial charge is 0.251 e. The molecule has 0 unspecified atom stereocenters. The Bertz CT molecular complexity index is 595. The highest BCUT2D eigenvalue weighted by atomic mass is 35.5. The summed E-state index contributed by atoms with van der Waals surface area (Å²) in [5, 5.41) is 2.96. The summed E-state index contributed by atoms with van der Waals surface area (Å²) >= 11 is 5.75. The van der Waals surface area contributed by atoms with E-state index < -0.39 is 0 Å². The molecule has 0 atom stereocenters. The van der Waals surface area contributed by atoms with E-state index in [1.807, 2.05) is 19.1 Å². The van der Waals surface area contributed by atoms with Crippen molar-refractivity contribution in [3.8, 4) is 0 Å². The predicted octanol–water partition coefficient (Wildman–Crippen LogP) is 1.95. The highest BCUT2D eigenvalue weighted by molar-refractivity contribution is 6.29. The number of nitrogens with one attached hydrogen (secondary N) is 1. The van der Waals surface area contributed by atoms with Gasteiger partial charge in [0.15, 0.2) is 0 Å². The van der Waals surface area contributed by atoms with Gasteiger partial charge in [0.1, 0.15) is 11.0 Å². The molecule has 0 spiro atoms. The molecule has 0 aliphatic carbocycles. The fourth-order valence-electron chi connectivity index (χ4n) is 1.62. The van der Waals surface area contributed by atoms with Gasteiger partial charge in [0, 0.05) is 11.8 Å². The Morgan fingerprint density at radius 1 is 1.47 bits per heavy atom. The fraction of sp³-hybridized carbons (Fsp3) is 0.154. The van der Waals surface area contributed by atoms with E-state index in [1.165, 1.54) is 12.1 Å². The van der Waals surface area contributed by atoms with Gasteiger partial charge in [-0.05, 0) is 30.7 Å². The van der Waals surface area contributed by atoms with Crippen molar-refractivity contribution in [2.24, 2.45) is 0 Å². The van der Waals surface area contributed by atoms with Crippen LogP contribution in [0.3, 0.4) is 0 Å². The number of anilines is 1. The van der Waals surface area contributed by atoms with Gasteiger partial charge in [-0.15, -0.1) is 0 Å². The van der Waals surface area contributed by atoms with E-state index in [2.05, 4.69) is 15.3 Å². The number of aromatic nitrogens is 2. The second-order valence-electron chi connectivity index (χ2n) is 4.05. The molecular weight excluding hydrogens is 264 g/mol. The lowest BCUT2D eigenvalue weighted by Crippen LogP contribution is -2.24. The van der Waals surface area contributed by atoms with Crippen LogP contribution in [0.15, 0.2) is 30.5 Å². The summed E-state index contributed by atoms with van der Waals surface area (Å²) in [6.45, 7) is 2.29. The number of hydrogen-bond donors (Lipinski definition) is 2. The summed E-state index contributed by atoms with van der Waals surface area (Å²) in [7, 11) is 0. The Balaban J connectivity index is 2.08. The second-order valence-corrected chi connectivity index (χ2v) is 4.44. The molecule has 2 heterocycles. The molecule has 1 amide bonds. The van der Waals surface area contributed by atoms with Crippen LogP contribution in [0.1, 0.15) is 21.6 Å². The summed E-state index contributed by atoms with van der Waals surface area (Å²) in [4.78, 5) is 20.0. The third kappa shape index (κ3) is 3.42. The van der Waals surface area contributed by atoms with Crippen LogP contribution in [-0.4, -0.2) is 15.9 Å². The average Bonchev–Trinajstić information content (AvgIpc) is 2.36. The quantitative estimate of drug-likeness (QED) is 0.840. The third-order valence-corrected chi connectivity index (χ3v) is 2.80. The van der Waals surface area contributed by atoms with Crippen LogP contribution >= 0.6 is 11.6 Å². The number of rotatable bonds is 3. The van der Waals surface area contributed by atoms with E-state index in [0.717, 1.165) is 11.3 Å². The van der Waals surface area contributed by atoms with Crippen LogP contribution in [-0.2, 0) is 6.54 Å². The maximum absolute atomic E-state index is 12.0. The lowest BCUT2D eigenvalue weighted by atomic mass is 10.2. The zero-order chi connectivity index (χ0) is 13.8. The SMILES string of the molecule is Cc1cccnc1CNC(=O)c1cc(N)nc(Cl)c1. The largest absolute Gasteiger partial charge is 0.384 e. The van der Waals surface area contributed by atoms with Crippen LogP contribution in [0, 0.1) is 6.92 Å². The number of nitrogen functional groups attached to an aromatic ring is 1. The standard InChI is InChI=1S/C13H13ClN4O/c1-8-3-2-4-16-10(8)7-17-13(19)9-5-11(14)18-12(15)6-9/h2-6H,7H2,1H3,(H2,15,18)(H,17,19). The summed E-state index contributed by atoms with van der Waals surface area (Å²) in [6.07, 6.45) is 1.69. The molecule has 19 heavy (non-hydrogen) atoms. The minimum absolute atomic E-state index is 0.194. The van der Waals surface area contributed by atoms with Crippen molar-refractivity contribution >= 4 is 23.3 Å². The van der Waals surface area contributed by atoms with Gasteiger partial charge in [-0.1, -0.05) is 17.7 Å². The number of amides is 1. The van der Waals surface area contributed by atoms with Crippen LogP contribution in [0.4, 0.5) is 5.82 Å². The average molecular weight is 277 g/mol. The van der Waals surface area contributed by atoms with Gasteiger partial charge in [0.2, 0.25) is 0 Å². The number of halogens is 1. The molecule has 0 aliphatic rings. The number of pyridine rings is 2. The molecule has 6 heteroatoms. The van der Waals surface area contributed by atoms with E-state index in [9.17, 15) is 4.79 Å². The van der Waals surface area contributed by atoms with E-state index >= 15 is 0 Å². The van der Waals surface area contributed by atoms with E-state index in [4.69, 9.17) is 17.3 Å². The number of carbonyl (C=O) groups excluding carboxylic acids is 1. The number of hydrogen-bond acceptors (Lipinski definition) is 4. The van der Waals surface area contributed by atoms with Crippen molar-refractivity contribution < 1.29 is 4.79 Å². The molecule has 0 aromatic carbocycles. The summed E-state index contributed by atoms with van der Waals surface area (Å²) in [5.74, 6) is -0.0484. The van der Waals surface area contributed by atoms with Crippen LogP contribution in [0.2, 0.25) is 5.15 Å². The van der Waals surface area contributed by atoms with Crippen LogP contribution < -0.4 is 11.1 Å². The highest BCUT2D eigenvalue weighted by Gasteiger charge is 2.09. The first-order chi connectivity index (χ1) is 9.06. The summed E-state index contributed by atoms with van der Waals surface area (Å²) in [6, 6.07) is 6.74. The number of carbonyl (C=O) groups is 1. The van der Waals surface area contributed by atoms with Crippen molar-refractivity contribution in [1.82, 2.24) is 15.3 Å². The van der Waals surface area contributed by atoms with Crippen LogP contribution in [0.25, 0.3) is 0 Å². The molecule has 0 radical (unpaired) electrons. The van der Waals surface area contributed by atoms with Gasteiger partial charge in [-0.3, -0.25) is 9.78 Å². The van der Waals surface area contributed by atoms with Crippen molar-refractivity contribution in [2.75, 3.05) is 5.73 Å². The zero-order valence-corrected chi connectivity index (χ0v) is 11.1. The number of aryl methyl sites for hydroxylation is 1. The van der Waals surface area contributed by atoms with Crippen molar-refractivity contribution in [1.29, 1.82) is 0 Å². The Kier molecular flexibility index (Phi) is 3.97. The Morgan fingerprint density at radius 2 is 2.26 bits per heavy atom. The fourth-order valence-corrected chi connectivity index (χ4v) is 1.83. The van der Waals surface area contributed by atoms with Gasteiger partial charge in [0.25, 0.3) is 5.91 Å². The minimum atomic E-state index is -0.263. The Hall–Kier alpha value is -2.14. The van der Waals surface area contributed by atoms with Crippen molar-refractivity contribution in [3.05, 3.63) is 52.4 Å². The van der Waals surface area contributed by atoms with Gasteiger partial charge in [0.05, 0.1) is 12.2 Å². The molecule has 5 nitrogen and oxygen atoms in total. The maximum atomic E-state index is 12.0. The highest BCUT2D eigenvalue weighted by Crippen LogP contribution is 2.12. The summed E-state index contributed by atoms with van der Waals surface area (Å²) in [5.41, 5.74) is 7.77. The lowest BCUT2D eigenvalue weighted by Gasteiger charge is -2.07. The first-order valence-corrected chi connectivity index (χ1v) is 6.06. The van der Waals surface area contributed by atoms with Crippen LogP contribution in [0.5, 0.6) is 0 Å². The van der Waals surface area contributed by atoms with Gasteiger partial charge < -0.3 is 11.1 Å². The van der Waals surface area contributed by atoms with Gasteiger partial charge >= 0.3 is 0 Å². The van der Waals surface area contributed by atoms with E-state index in [-0.39, 0.29) is 16.9 Å². The second kappa shape index (κ2) is 5.67. The Labute approximate surface area is 115 Å². The van der Waals surface area contributed by atoms with Crippen molar-refractivity contribution in [2.45, 2.75) is 13.5 Å². The molecule has 2 aromatic heterocycles. The molecule has 2 aromatic rings. The molecule has 0 bridgehead atoms. The number of nitrogens with two attached hydrogens (primary N) is 1. The molecule has 3 N–H and O–H groups in total. The molecule has 0 aliphatic heterocycles. The molecule has 98 valence electrons. The topological polar surface area (TPSA) is 80.9 Å². The third-order valence-electron chi connectivity index (χ3n) is 2.61. The molecule has 0 saturated carbocycles. The minimum Gasteiger partial charge on any atom is -0.384 e. The normalized spacial score (nSPS) is 10.2. The lowest BCUT2D eigenvalue weighted by molar-refractivity contribution is 0.0950. The molecular formula is C13H13ClN4O. The molecule has 2 rings (SSSR count). The molecule has 0 saturated heterocycles. The van der Waals surface area contributed by atoms with Gasteiger partial charge in [-0.2, -0.15) is 0 Å². The zero-order valence-electron chi connectivity index (χ0n) is 10.4. The Morgan fingerprint density at radius 3 is 2.95 bits per heavy atom. The first kappa shape index (κ1) is 13.3. The van der Waals surface area contributed by atoms with Crippen molar-refractivity contribution in [3.63, 3.8) is 0 Å². The first-order valence-electron chi connectivity index (χ1n) is 5.68. The van der Waals surface area contributed by atoms with E-state index in [0.29, 0.717) is 12.1 Å². The number of nitrogens with zero attached hydrogens (tertiary/aromatic N) is 2. The van der Waals surface area contributed by atoms with E-state index in [1.54, 1.807) is 6.20 Å².